The van der Waals surface area contributed by atoms with E-state index in [1.54, 1.807) is 6.07 Å². The summed E-state index contributed by atoms with van der Waals surface area (Å²) in [6.07, 6.45) is 0. The second kappa shape index (κ2) is 5.56. The Morgan fingerprint density at radius 3 is 2.47 bits per heavy atom. The fourth-order valence-electron chi connectivity index (χ4n) is 2.07. The van der Waals surface area contributed by atoms with Crippen molar-refractivity contribution in [2.24, 2.45) is 0 Å². The fraction of sp³-hybridized carbons (Fsp3) is 0.286. The van der Waals surface area contributed by atoms with E-state index in [2.05, 4.69) is 28.9 Å². The molecule has 2 rings (SSSR count). The zero-order valence-corrected chi connectivity index (χ0v) is 11.2. The molecule has 0 spiro atoms. The molecule has 0 fully saturated rings. The highest BCUT2D eigenvalue weighted by Crippen LogP contribution is 2.28. The van der Waals surface area contributed by atoms with E-state index in [1.807, 2.05) is 18.2 Å². The van der Waals surface area contributed by atoms with E-state index in [-0.39, 0.29) is 5.56 Å². The van der Waals surface area contributed by atoms with E-state index in [0.29, 0.717) is 11.4 Å². The van der Waals surface area contributed by atoms with Crippen molar-refractivity contribution in [1.29, 1.82) is 0 Å². The van der Waals surface area contributed by atoms with Crippen LogP contribution in [0, 0.1) is 0 Å². The molecule has 1 aromatic carbocycles. The molecule has 0 radical (unpaired) electrons. The zero-order valence-electron chi connectivity index (χ0n) is 11.2. The molecule has 0 unspecified atom stereocenters. The number of rotatable bonds is 4. The predicted octanol–water partition coefficient (Wildman–Crippen LogP) is 1.87. The van der Waals surface area contributed by atoms with Gasteiger partial charge in [-0.1, -0.05) is 6.07 Å². The second-order valence-electron chi connectivity index (χ2n) is 4.25. The normalized spacial score (nSPS) is 10.4. The number of nitrogens with two attached hydrogens (primary N) is 1. The predicted molar refractivity (Wildman–Crippen MR) is 78.3 cm³/mol. The van der Waals surface area contributed by atoms with E-state index in [1.165, 1.54) is 6.07 Å². The molecule has 5 nitrogen and oxygen atoms in total. The van der Waals surface area contributed by atoms with Gasteiger partial charge in [-0.25, -0.2) is 5.10 Å². The van der Waals surface area contributed by atoms with Gasteiger partial charge < -0.3 is 10.6 Å². The zero-order chi connectivity index (χ0) is 13.8. The molecule has 1 heterocycles. The average Bonchev–Trinajstić information content (AvgIpc) is 2.42. The Bertz CT molecular complexity index is 597. The summed E-state index contributed by atoms with van der Waals surface area (Å²) >= 11 is 0. The van der Waals surface area contributed by atoms with Gasteiger partial charge in [-0.2, -0.15) is 5.10 Å². The van der Waals surface area contributed by atoms with Crippen molar-refractivity contribution < 1.29 is 0 Å². The van der Waals surface area contributed by atoms with E-state index < -0.39 is 0 Å². The third-order valence-corrected chi connectivity index (χ3v) is 3.11. The Morgan fingerprint density at radius 2 is 1.95 bits per heavy atom. The number of aromatic nitrogens is 2. The lowest BCUT2D eigenvalue weighted by atomic mass is 10.1. The summed E-state index contributed by atoms with van der Waals surface area (Å²) in [6, 6.07) is 8.98. The first kappa shape index (κ1) is 13.1. The fourth-order valence-corrected chi connectivity index (χ4v) is 2.07. The lowest BCUT2D eigenvalue weighted by Crippen LogP contribution is -2.22. The highest BCUT2D eigenvalue weighted by atomic mass is 16.1. The number of benzene rings is 1. The molecule has 0 aliphatic carbocycles. The molecule has 0 bridgehead atoms. The van der Waals surface area contributed by atoms with Crippen LogP contribution in [0.4, 0.5) is 11.4 Å². The first-order valence-corrected chi connectivity index (χ1v) is 6.36. The largest absolute Gasteiger partial charge is 0.397 e. The molecule has 0 atom stereocenters. The van der Waals surface area contributed by atoms with Gasteiger partial charge >= 0.3 is 0 Å². The molecule has 19 heavy (non-hydrogen) atoms. The maximum Gasteiger partial charge on any atom is 0.264 e. The number of nitrogens with zero attached hydrogens (tertiary/aromatic N) is 2. The van der Waals surface area contributed by atoms with E-state index in [0.717, 1.165) is 24.3 Å². The molecule has 0 saturated heterocycles. The van der Waals surface area contributed by atoms with E-state index in [9.17, 15) is 4.79 Å². The maximum absolute atomic E-state index is 11.0. The van der Waals surface area contributed by atoms with E-state index in [4.69, 9.17) is 5.73 Å². The lowest BCUT2D eigenvalue weighted by molar-refractivity contribution is 0.868. The van der Waals surface area contributed by atoms with Crippen LogP contribution in [0.2, 0.25) is 0 Å². The maximum atomic E-state index is 11.0. The molecule has 5 heteroatoms. The summed E-state index contributed by atoms with van der Waals surface area (Å²) < 4.78 is 0. The molecule has 0 aliphatic rings. The second-order valence-corrected chi connectivity index (χ2v) is 4.25. The molecule has 0 saturated carbocycles. The quantitative estimate of drug-likeness (QED) is 0.821. The van der Waals surface area contributed by atoms with Crippen LogP contribution in [0.1, 0.15) is 13.8 Å². The molecule has 3 N–H and O–H groups in total. The van der Waals surface area contributed by atoms with Gasteiger partial charge in [0.1, 0.15) is 0 Å². The number of hydrogen-bond donors (Lipinski definition) is 2. The van der Waals surface area contributed by atoms with Crippen LogP contribution in [0.3, 0.4) is 0 Å². The van der Waals surface area contributed by atoms with Gasteiger partial charge in [-0.3, -0.25) is 4.79 Å². The van der Waals surface area contributed by atoms with Crippen molar-refractivity contribution in [3.63, 3.8) is 0 Å². The van der Waals surface area contributed by atoms with Gasteiger partial charge in [0.2, 0.25) is 0 Å². The van der Waals surface area contributed by atoms with Gasteiger partial charge in [0, 0.05) is 24.7 Å². The Balaban J connectivity index is 2.38. The van der Waals surface area contributed by atoms with Crippen molar-refractivity contribution >= 4 is 11.4 Å². The molecule has 0 aliphatic heterocycles. The topological polar surface area (TPSA) is 75.0 Å². The van der Waals surface area contributed by atoms with Crippen LogP contribution >= 0.6 is 0 Å². The number of anilines is 2. The third-order valence-electron chi connectivity index (χ3n) is 3.11. The minimum absolute atomic E-state index is 0.212. The minimum Gasteiger partial charge on any atom is -0.397 e. The highest BCUT2D eigenvalue weighted by molar-refractivity contribution is 5.75. The monoisotopic (exact) mass is 258 g/mol. The van der Waals surface area contributed by atoms with Crippen LogP contribution in [0.25, 0.3) is 11.3 Å². The van der Waals surface area contributed by atoms with Crippen molar-refractivity contribution in [3.8, 4) is 11.3 Å². The van der Waals surface area contributed by atoms with Crippen LogP contribution < -0.4 is 16.2 Å². The standard InChI is InChI=1S/C14H18N4O/c1-3-18(4-2)13-7-5-10(9-11(13)15)12-6-8-14(19)17-16-12/h5-9H,3-4,15H2,1-2H3,(H,17,19). The van der Waals surface area contributed by atoms with E-state index >= 15 is 0 Å². The number of aromatic amines is 1. The van der Waals surface area contributed by atoms with Crippen molar-refractivity contribution in [3.05, 3.63) is 40.7 Å². The number of hydrogen-bond acceptors (Lipinski definition) is 4. The first-order valence-electron chi connectivity index (χ1n) is 6.36. The van der Waals surface area contributed by atoms with Crippen LogP contribution in [0.15, 0.2) is 35.1 Å². The molecule has 1 aromatic heterocycles. The summed E-state index contributed by atoms with van der Waals surface area (Å²) in [7, 11) is 0. The van der Waals surface area contributed by atoms with Gasteiger partial charge in [0.05, 0.1) is 17.1 Å². The number of nitrogens with one attached hydrogen (secondary N) is 1. The van der Waals surface area contributed by atoms with Gasteiger partial charge in [-0.15, -0.1) is 0 Å². The van der Waals surface area contributed by atoms with Crippen LogP contribution in [-0.4, -0.2) is 23.3 Å². The van der Waals surface area contributed by atoms with Crippen molar-refractivity contribution in [2.45, 2.75) is 13.8 Å². The Morgan fingerprint density at radius 1 is 1.21 bits per heavy atom. The van der Waals surface area contributed by atoms with Gasteiger partial charge in [0.25, 0.3) is 5.56 Å². The summed E-state index contributed by atoms with van der Waals surface area (Å²) in [5.74, 6) is 0. The van der Waals surface area contributed by atoms with Gasteiger partial charge in [0.15, 0.2) is 0 Å². The first-order chi connectivity index (χ1) is 9.15. The average molecular weight is 258 g/mol. The minimum atomic E-state index is -0.212. The van der Waals surface area contributed by atoms with Crippen molar-refractivity contribution in [1.82, 2.24) is 10.2 Å². The molecular formula is C14H18N4O. The molecular weight excluding hydrogens is 240 g/mol. The van der Waals surface area contributed by atoms with Crippen LogP contribution in [0.5, 0.6) is 0 Å². The number of H-pyrrole nitrogens is 1. The Hall–Kier alpha value is -2.30. The third kappa shape index (κ3) is 2.76. The smallest absolute Gasteiger partial charge is 0.264 e. The van der Waals surface area contributed by atoms with Crippen LogP contribution in [-0.2, 0) is 0 Å². The Labute approximate surface area is 112 Å². The highest BCUT2D eigenvalue weighted by Gasteiger charge is 2.08. The summed E-state index contributed by atoms with van der Waals surface area (Å²) in [5.41, 5.74) is 9.23. The SMILES string of the molecule is CCN(CC)c1ccc(-c2ccc(=O)[nH]n2)cc1N. The molecule has 0 amide bonds. The summed E-state index contributed by atoms with van der Waals surface area (Å²) in [5, 5.41) is 6.42. The number of nitrogen functional groups attached to an aromatic ring is 1. The summed E-state index contributed by atoms with van der Waals surface area (Å²) in [6.45, 7) is 6.02. The van der Waals surface area contributed by atoms with Gasteiger partial charge in [-0.05, 0) is 32.0 Å². The lowest BCUT2D eigenvalue weighted by Gasteiger charge is -2.23. The summed E-state index contributed by atoms with van der Waals surface area (Å²) in [4.78, 5) is 13.2. The Kier molecular flexibility index (Phi) is 3.85. The van der Waals surface area contributed by atoms with Crippen molar-refractivity contribution in [2.75, 3.05) is 23.7 Å². The molecule has 100 valence electrons. The molecule has 2 aromatic rings.